The van der Waals surface area contributed by atoms with Gasteiger partial charge in [-0.15, -0.1) is 0 Å². The van der Waals surface area contributed by atoms with Gasteiger partial charge < -0.3 is 14.8 Å². The van der Waals surface area contributed by atoms with Crippen molar-refractivity contribution in [1.82, 2.24) is 0 Å². The Hall–Kier alpha value is 0.530. The first-order valence-electron chi connectivity index (χ1n) is 0.997. The maximum absolute atomic E-state index is 9.07. The van der Waals surface area contributed by atoms with Crippen LogP contribution in [0.2, 0.25) is 0 Å². The maximum atomic E-state index is 9.07. The Morgan fingerprint density at radius 3 is 1.71 bits per heavy atom. The van der Waals surface area contributed by atoms with E-state index in [1.165, 1.54) is 0 Å². The van der Waals surface area contributed by atoms with Crippen LogP contribution in [-0.2, 0) is 4.57 Å². The molecule has 0 rings (SSSR count). The van der Waals surface area contributed by atoms with Crippen LogP contribution in [-0.4, -0.2) is 5.71 Å². The van der Waals surface area contributed by atoms with E-state index in [1.807, 2.05) is 0 Å². The van der Waals surface area contributed by atoms with Gasteiger partial charge in [-0.05, 0) is 0 Å². The molecule has 0 N–H and O–H groups in total. The summed E-state index contributed by atoms with van der Waals surface area (Å²) < 4.78 is 9.07. The summed E-state index contributed by atoms with van der Waals surface area (Å²) in [5.74, 6) is 0. The molecule has 0 bridgehead atoms. The van der Waals surface area contributed by atoms with Crippen molar-refractivity contribution in [3.63, 3.8) is 0 Å². The van der Waals surface area contributed by atoms with E-state index < -0.39 is 13.7 Å². The van der Waals surface area contributed by atoms with Crippen molar-refractivity contribution in [2.75, 3.05) is 0 Å². The molecule has 1 unspecified atom stereocenters. The van der Waals surface area contributed by atoms with Gasteiger partial charge in [0.05, 0.1) is 0 Å². The predicted octanol–water partition coefficient (Wildman–Crippen LogP) is -4.56. The zero-order valence-electron chi connectivity index (χ0n) is 3.58. The predicted molar refractivity (Wildman–Crippen MR) is 13.0 cm³/mol. The van der Waals surface area contributed by atoms with Crippen LogP contribution in [0, 0.1) is 0 Å². The largest absolute Gasteiger partial charge is 1.00 e. The molecule has 0 aromatic carbocycles. The minimum absolute atomic E-state index is 0. The van der Waals surface area contributed by atoms with Gasteiger partial charge in [0.1, 0.15) is 0 Å². The second-order valence-corrected chi connectivity index (χ2v) is 1.40. The molecule has 0 fully saturated rings. The van der Waals surface area contributed by atoms with Crippen molar-refractivity contribution in [2.24, 2.45) is 0 Å². The summed E-state index contributed by atoms with van der Waals surface area (Å²) in [6.45, 7) is 0. The summed E-state index contributed by atoms with van der Waals surface area (Å²) in [5.41, 5.74) is -2.04. The Morgan fingerprint density at radius 2 is 1.71 bits per heavy atom. The summed E-state index contributed by atoms with van der Waals surface area (Å²) >= 11 is 0. The van der Waals surface area contributed by atoms with E-state index in [1.54, 1.807) is 0 Å². The van der Waals surface area contributed by atoms with Crippen LogP contribution in [0.25, 0.3) is 0 Å². The monoisotopic (exact) mass is 130 g/mol. The second kappa shape index (κ2) is 4.68. The van der Waals surface area contributed by atoms with E-state index >= 15 is 0 Å². The molecule has 1 atom stereocenters. The van der Waals surface area contributed by atoms with Crippen molar-refractivity contribution < 1.29 is 48.9 Å². The normalized spacial score (nSPS) is 9.00. The van der Waals surface area contributed by atoms with Crippen LogP contribution in [0.4, 0.5) is 4.79 Å². The molecule has 0 aromatic heterocycles. The standard InChI is InChI=1S/CHO4P.Na/c2-1(3)6(4)5;/h(H,2,3);/q;+1/p-1. The number of hydrogen-bond donors (Lipinski definition) is 0. The number of carbonyl (C=O) groups excluding carboxylic acids is 1. The molecule has 0 saturated heterocycles. The molecule has 0 aliphatic rings. The SMILES string of the molecule is O=C([O-])[P+](=O)[O-].[Na+]. The Balaban J connectivity index is 0. The Bertz CT molecular complexity index is 77.7. The fourth-order valence-electron chi connectivity index (χ4n) is 0. The first kappa shape index (κ1) is 10.5. The van der Waals surface area contributed by atoms with Crippen molar-refractivity contribution >= 4 is 13.7 Å². The molecular formula is CNaO4P. The first-order valence-corrected chi connectivity index (χ1v) is 2.17. The number of carboxylic acid groups (broad SMARTS) is 1. The molecule has 34 valence electrons. The average molecular weight is 130 g/mol. The van der Waals surface area contributed by atoms with E-state index in [0.29, 0.717) is 0 Å². The van der Waals surface area contributed by atoms with Gasteiger partial charge in [0, 0.05) is 0 Å². The molecule has 6 heteroatoms. The van der Waals surface area contributed by atoms with E-state index in [-0.39, 0.29) is 29.6 Å². The fraction of sp³-hybridized carbons (Fsp3) is 0. The van der Waals surface area contributed by atoms with Crippen molar-refractivity contribution in [3.8, 4) is 0 Å². The fourth-order valence-corrected chi connectivity index (χ4v) is 0. The van der Waals surface area contributed by atoms with Crippen molar-refractivity contribution in [1.29, 1.82) is 0 Å². The third-order valence-electron chi connectivity index (χ3n) is 0.149. The van der Waals surface area contributed by atoms with Gasteiger partial charge in [0.15, 0.2) is 0 Å². The molecule has 0 heterocycles. The molecule has 0 aliphatic carbocycles. The minimum atomic E-state index is -3.35. The van der Waals surface area contributed by atoms with Crippen LogP contribution < -0.4 is 39.6 Å². The molecule has 0 aromatic rings. The van der Waals surface area contributed by atoms with Gasteiger partial charge >= 0.3 is 43.3 Å². The first-order chi connectivity index (χ1) is 2.64. The second-order valence-electron chi connectivity index (χ2n) is 0.523. The van der Waals surface area contributed by atoms with Gasteiger partial charge in [0.2, 0.25) is 0 Å². The number of carbonyl (C=O) groups is 1. The minimum Gasteiger partial charge on any atom is -0.590 e. The smallest absolute Gasteiger partial charge is 0.590 e. The van der Waals surface area contributed by atoms with Crippen molar-refractivity contribution in [2.45, 2.75) is 0 Å². The maximum Gasteiger partial charge on any atom is 1.00 e. The zero-order valence-corrected chi connectivity index (χ0v) is 6.47. The Kier molecular flexibility index (Phi) is 7.02. The topological polar surface area (TPSA) is 80.3 Å². The van der Waals surface area contributed by atoms with Crippen LogP contribution in [0.1, 0.15) is 0 Å². The third kappa shape index (κ3) is 6.53. The van der Waals surface area contributed by atoms with Crippen molar-refractivity contribution in [3.05, 3.63) is 0 Å². The summed E-state index contributed by atoms with van der Waals surface area (Å²) in [4.78, 5) is 18.1. The molecular weight excluding hydrogens is 130 g/mol. The average Bonchev–Trinajstić information content (AvgIpc) is 1.36. The quantitative estimate of drug-likeness (QED) is 0.264. The molecule has 4 nitrogen and oxygen atoms in total. The van der Waals surface area contributed by atoms with Gasteiger partial charge in [-0.2, -0.15) is 0 Å². The number of rotatable bonds is 1. The molecule has 0 spiro atoms. The van der Waals surface area contributed by atoms with Crippen LogP contribution >= 0.6 is 8.03 Å². The number of hydrogen-bond acceptors (Lipinski definition) is 4. The van der Waals surface area contributed by atoms with Gasteiger partial charge in [0.25, 0.3) is 0 Å². The summed E-state index contributed by atoms with van der Waals surface area (Å²) in [6, 6.07) is 0. The molecule has 0 aliphatic heterocycles. The van der Waals surface area contributed by atoms with E-state index in [9.17, 15) is 0 Å². The molecule has 0 radical (unpaired) electrons. The van der Waals surface area contributed by atoms with E-state index in [0.717, 1.165) is 0 Å². The van der Waals surface area contributed by atoms with E-state index in [4.69, 9.17) is 19.4 Å². The Morgan fingerprint density at radius 1 is 1.57 bits per heavy atom. The molecule has 0 saturated carbocycles. The van der Waals surface area contributed by atoms with Crippen LogP contribution in [0.5, 0.6) is 0 Å². The summed E-state index contributed by atoms with van der Waals surface area (Å²) in [6.07, 6.45) is 0. The van der Waals surface area contributed by atoms with Crippen LogP contribution in [0.15, 0.2) is 0 Å². The van der Waals surface area contributed by atoms with Gasteiger partial charge in [-0.3, -0.25) is 0 Å². The molecule has 0 amide bonds. The Labute approximate surface area is 62.7 Å². The van der Waals surface area contributed by atoms with E-state index in [2.05, 4.69) is 0 Å². The third-order valence-corrected chi connectivity index (χ3v) is 0.447. The zero-order chi connectivity index (χ0) is 5.15. The summed E-state index contributed by atoms with van der Waals surface area (Å²) in [5, 5.41) is 8.99. The van der Waals surface area contributed by atoms with Gasteiger partial charge in [-0.1, -0.05) is 4.57 Å². The van der Waals surface area contributed by atoms with Crippen LogP contribution in [0.3, 0.4) is 0 Å². The van der Waals surface area contributed by atoms with Gasteiger partial charge in [-0.25, -0.2) is 0 Å². The molecule has 7 heavy (non-hydrogen) atoms. The summed E-state index contributed by atoms with van der Waals surface area (Å²) in [7, 11) is -3.35.